The largest absolute Gasteiger partial charge is 0.457 e. The zero-order chi connectivity index (χ0) is 18.0. The van der Waals surface area contributed by atoms with E-state index in [1.165, 1.54) is 33.3 Å². The van der Waals surface area contributed by atoms with E-state index in [-0.39, 0.29) is 0 Å². The van der Waals surface area contributed by atoms with E-state index in [0.29, 0.717) is 0 Å². The Balaban J connectivity index is 1.87. The van der Waals surface area contributed by atoms with Crippen LogP contribution in [0.25, 0.3) is 11.3 Å². The van der Waals surface area contributed by atoms with E-state index in [1.54, 1.807) is 0 Å². The second kappa shape index (κ2) is 5.11. The summed E-state index contributed by atoms with van der Waals surface area (Å²) in [6.07, 6.45) is 1.89. The fourth-order valence-corrected chi connectivity index (χ4v) is 4.82. The van der Waals surface area contributed by atoms with Crippen LogP contribution in [0.4, 0.5) is 0 Å². The van der Waals surface area contributed by atoms with Crippen molar-refractivity contribution in [2.75, 3.05) is 0 Å². The molecule has 0 fully saturated rings. The molecule has 2 aliphatic rings. The number of pyridine rings is 1. The molecule has 0 unspecified atom stereocenters. The third kappa shape index (κ3) is 1.74. The standard InChI is InChI=1S/C24H16BNO/c25-15-11-12-16-20(14-15)24(19-8-5-13-26-23(16)19)17-6-1-3-9-21(17)27-22-10-4-2-7-18(22)24/h1-14H,25H2. The van der Waals surface area contributed by atoms with Crippen LogP contribution < -0.4 is 10.2 Å². The van der Waals surface area contributed by atoms with Gasteiger partial charge in [-0.15, -0.1) is 0 Å². The molecule has 2 heterocycles. The first-order valence-corrected chi connectivity index (χ1v) is 9.24. The lowest BCUT2D eigenvalue weighted by Crippen LogP contribution is -2.32. The van der Waals surface area contributed by atoms with E-state index < -0.39 is 5.41 Å². The number of aromatic nitrogens is 1. The van der Waals surface area contributed by atoms with Gasteiger partial charge in [-0.05, 0) is 29.3 Å². The number of rotatable bonds is 0. The Kier molecular flexibility index (Phi) is 2.80. The first kappa shape index (κ1) is 14.8. The van der Waals surface area contributed by atoms with E-state index >= 15 is 0 Å². The van der Waals surface area contributed by atoms with E-state index in [4.69, 9.17) is 9.72 Å². The average molecular weight is 345 g/mol. The molecule has 4 aromatic rings. The van der Waals surface area contributed by atoms with Gasteiger partial charge in [0.1, 0.15) is 19.3 Å². The molecule has 0 saturated heterocycles. The van der Waals surface area contributed by atoms with Gasteiger partial charge in [-0.1, -0.05) is 66.1 Å². The van der Waals surface area contributed by atoms with Crippen LogP contribution in [0.3, 0.4) is 0 Å². The molecule has 2 nitrogen and oxygen atoms in total. The molecule has 126 valence electrons. The van der Waals surface area contributed by atoms with Gasteiger partial charge in [0.2, 0.25) is 0 Å². The Morgan fingerprint density at radius 1 is 0.704 bits per heavy atom. The molecule has 27 heavy (non-hydrogen) atoms. The molecule has 0 saturated carbocycles. The predicted molar refractivity (Wildman–Crippen MR) is 110 cm³/mol. The molecule has 0 atom stereocenters. The fraction of sp³-hybridized carbons (Fsp3) is 0.0417. The number of fused-ring (bicyclic) bond motifs is 9. The van der Waals surface area contributed by atoms with Gasteiger partial charge in [0.15, 0.2) is 0 Å². The van der Waals surface area contributed by atoms with Crippen LogP contribution in [0, 0.1) is 0 Å². The molecule has 1 aliphatic carbocycles. The minimum absolute atomic E-state index is 0.392. The third-order valence-corrected chi connectivity index (χ3v) is 5.85. The SMILES string of the molecule is Bc1ccc2c(c1)C1(c3ccccc3Oc3ccccc31)c1cccnc1-2. The van der Waals surface area contributed by atoms with Crippen LogP contribution in [0.15, 0.2) is 85.1 Å². The van der Waals surface area contributed by atoms with Crippen molar-refractivity contribution in [3.05, 3.63) is 107 Å². The topological polar surface area (TPSA) is 22.1 Å². The molecule has 0 bridgehead atoms. The van der Waals surface area contributed by atoms with Crippen molar-refractivity contribution in [3.8, 4) is 22.8 Å². The molecule has 1 aliphatic heterocycles. The number of nitrogens with zero attached hydrogens (tertiary/aromatic N) is 1. The van der Waals surface area contributed by atoms with Crippen molar-refractivity contribution in [3.63, 3.8) is 0 Å². The summed E-state index contributed by atoms with van der Waals surface area (Å²) in [4.78, 5) is 4.78. The summed E-state index contributed by atoms with van der Waals surface area (Å²) in [6, 6.07) is 27.8. The van der Waals surface area contributed by atoms with Gasteiger partial charge >= 0.3 is 0 Å². The first-order chi connectivity index (χ1) is 13.3. The molecule has 0 N–H and O–H groups in total. The quantitative estimate of drug-likeness (QED) is 0.391. The Bertz CT molecular complexity index is 1180. The molecular formula is C24H16BNO. The summed E-state index contributed by atoms with van der Waals surface area (Å²) >= 11 is 0. The maximum Gasteiger partial charge on any atom is 0.139 e. The van der Waals surface area contributed by atoms with E-state index in [1.807, 2.05) is 24.4 Å². The average Bonchev–Trinajstić information content (AvgIpc) is 2.99. The predicted octanol–water partition coefficient (Wildman–Crippen LogP) is 3.81. The van der Waals surface area contributed by atoms with Crippen LogP contribution in [0.2, 0.25) is 0 Å². The summed E-state index contributed by atoms with van der Waals surface area (Å²) < 4.78 is 6.30. The molecule has 3 heteroatoms. The molecular weight excluding hydrogens is 329 g/mol. The van der Waals surface area contributed by atoms with Crippen molar-refractivity contribution in [1.29, 1.82) is 0 Å². The summed E-state index contributed by atoms with van der Waals surface area (Å²) in [7, 11) is 2.15. The van der Waals surface area contributed by atoms with Crippen molar-refractivity contribution in [2.24, 2.45) is 0 Å². The van der Waals surface area contributed by atoms with Crippen molar-refractivity contribution >= 4 is 13.3 Å². The highest BCUT2D eigenvalue weighted by molar-refractivity contribution is 6.32. The summed E-state index contributed by atoms with van der Waals surface area (Å²) in [5.41, 5.74) is 8.03. The minimum Gasteiger partial charge on any atom is -0.457 e. The summed E-state index contributed by atoms with van der Waals surface area (Å²) in [6.45, 7) is 0. The molecule has 1 spiro atoms. The van der Waals surface area contributed by atoms with Crippen molar-refractivity contribution < 1.29 is 4.74 Å². The molecule has 6 rings (SSSR count). The van der Waals surface area contributed by atoms with Crippen LogP contribution >= 0.6 is 0 Å². The monoisotopic (exact) mass is 345 g/mol. The van der Waals surface area contributed by atoms with Crippen LogP contribution in [0.1, 0.15) is 22.3 Å². The minimum atomic E-state index is -0.392. The smallest absolute Gasteiger partial charge is 0.139 e. The van der Waals surface area contributed by atoms with Gasteiger partial charge in [0.05, 0.1) is 11.1 Å². The zero-order valence-corrected chi connectivity index (χ0v) is 14.9. The van der Waals surface area contributed by atoms with E-state index in [2.05, 4.69) is 68.5 Å². The molecule has 1 aromatic heterocycles. The summed E-state index contributed by atoms with van der Waals surface area (Å²) in [5, 5.41) is 0. The van der Waals surface area contributed by atoms with Gasteiger partial charge in [0.25, 0.3) is 0 Å². The fourth-order valence-electron chi connectivity index (χ4n) is 4.82. The lowest BCUT2D eigenvalue weighted by molar-refractivity contribution is 0.436. The summed E-state index contributed by atoms with van der Waals surface area (Å²) in [5.74, 6) is 1.83. The maximum atomic E-state index is 6.30. The first-order valence-electron chi connectivity index (χ1n) is 9.24. The Morgan fingerprint density at radius 3 is 2.11 bits per heavy atom. The number of hydrogen-bond acceptors (Lipinski definition) is 2. The highest BCUT2D eigenvalue weighted by Gasteiger charge is 2.51. The van der Waals surface area contributed by atoms with Crippen LogP contribution in [-0.4, -0.2) is 12.8 Å². The second-order valence-corrected chi connectivity index (χ2v) is 7.29. The van der Waals surface area contributed by atoms with Crippen LogP contribution in [-0.2, 0) is 5.41 Å². The number of ether oxygens (including phenoxy) is 1. The third-order valence-electron chi connectivity index (χ3n) is 5.85. The highest BCUT2D eigenvalue weighted by atomic mass is 16.5. The number of para-hydroxylation sites is 2. The molecule has 3 aromatic carbocycles. The van der Waals surface area contributed by atoms with Gasteiger partial charge in [-0.3, -0.25) is 4.98 Å². The lowest BCUT2D eigenvalue weighted by atomic mass is 9.66. The van der Waals surface area contributed by atoms with Gasteiger partial charge in [-0.2, -0.15) is 0 Å². The Hall–Kier alpha value is -3.33. The Labute approximate surface area is 158 Å². The molecule has 0 amide bonds. The maximum absolute atomic E-state index is 6.30. The lowest BCUT2D eigenvalue weighted by Gasteiger charge is -2.39. The van der Waals surface area contributed by atoms with Gasteiger partial charge in [-0.25, -0.2) is 0 Å². The van der Waals surface area contributed by atoms with Crippen molar-refractivity contribution in [2.45, 2.75) is 5.41 Å². The van der Waals surface area contributed by atoms with Gasteiger partial charge < -0.3 is 4.74 Å². The molecule has 0 radical (unpaired) electrons. The Morgan fingerprint density at radius 2 is 1.37 bits per heavy atom. The van der Waals surface area contributed by atoms with Crippen LogP contribution in [0.5, 0.6) is 11.5 Å². The van der Waals surface area contributed by atoms with Crippen molar-refractivity contribution in [1.82, 2.24) is 4.98 Å². The second-order valence-electron chi connectivity index (χ2n) is 7.29. The van der Waals surface area contributed by atoms with E-state index in [9.17, 15) is 0 Å². The van der Waals surface area contributed by atoms with Gasteiger partial charge in [0, 0.05) is 22.9 Å². The normalized spacial score (nSPS) is 14.7. The number of benzene rings is 3. The zero-order valence-electron chi connectivity index (χ0n) is 14.9. The van der Waals surface area contributed by atoms with E-state index in [0.717, 1.165) is 17.2 Å². The highest BCUT2D eigenvalue weighted by Crippen LogP contribution is 2.61. The number of hydrogen-bond donors (Lipinski definition) is 0.